The van der Waals surface area contributed by atoms with Crippen molar-refractivity contribution in [2.75, 3.05) is 11.9 Å². The van der Waals surface area contributed by atoms with E-state index in [1.165, 1.54) is 11.1 Å². The lowest BCUT2D eigenvalue weighted by molar-refractivity contribution is 0.985. The standard InChI is InChI=1S/C13H13BrClN3/c1-9-4-2-3-5-10(9)6-7-16-12-11(14)8-17-13(15)18-12/h2-5,8H,6-7H2,1H3,(H,16,17,18). The predicted octanol–water partition coefficient (Wildman–Crippen LogP) is 3.86. The fourth-order valence-electron chi connectivity index (χ4n) is 1.68. The van der Waals surface area contributed by atoms with Gasteiger partial charge in [-0.2, -0.15) is 4.98 Å². The van der Waals surface area contributed by atoms with Gasteiger partial charge in [0.2, 0.25) is 5.28 Å². The molecule has 1 aromatic heterocycles. The van der Waals surface area contributed by atoms with Crippen LogP contribution in [0.2, 0.25) is 5.28 Å². The quantitative estimate of drug-likeness (QED) is 0.867. The molecule has 0 spiro atoms. The molecule has 1 N–H and O–H groups in total. The topological polar surface area (TPSA) is 37.8 Å². The third-order valence-electron chi connectivity index (χ3n) is 2.66. The van der Waals surface area contributed by atoms with Gasteiger partial charge in [-0.1, -0.05) is 24.3 Å². The smallest absolute Gasteiger partial charge is 0.224 e. The van der Waals surface area contributed by atoms with Crippen LogP contribution in [0.5, 0.6) is 0 Å². The number of aryl methyl sites for hydroxylation is 1. The summed E-state index contributed by atoms with van der Waals surface area (Å²) in [7, 11) is 0. The first-order chi connectivity index (χ1) is 8.66. The van der Waals surface area contributed by atoms with Gasteiger partial charge >= 0.3 is 0 Å². The van der Waals surface area contributed by atoms with Crippen molar-refractivity contribution in [3.8, 4) is 0 Å². The maximum atomic E-state index is 5.75. The summed E-state index contributed by atoms with van der Waals surface area (Å²) in [6.07, 6.45) is 2.59. The summed E-state index contributed by atoms with van der Waals surface area (Å²) in [6.45, 7) is 2.92. The molecule has 0 aliphatic carbocycles. The first-order valence-electron chi connectivity index (χ1n) is 5.63. The Bertz CT molecular complexity index is 546. The lowest BCUT2D eigenvalue weighted by Crippen LogP contribution is -2.08. The minimum Gasteiger partial charge on any atom is -0.369 e. The zero-order valence-electron chi connectivity index (χ0n) is 9.95. The van der Waals surface area contributed by atoms with Crippen LogP contribution < -0.4 is 5.32 Å². The van der Waals surface area contributed by atoms with E-state index in [-0.39, 0.29) is 5.28 Å². The lowest BCUT2D eigenvalue weighted by atomic mass is 10.1. The summed E-state index contributed by atoms with van der Waals surface area (Å²) >= 11 is 9.14. The van der Waals surface area contributed by atoms with Gasteiger partial charge in [0.1, 0.15) is 5.82 Å². The molecule has 94 valence electrons. The van der Waals surface area contributed by atoms with Crippen LogP contribution in [-0.2, 0) is 6.42 Å². The van der Waals surface area contributed by atoms with Crippen LogP contribution in [0.25, 0.3) is 0 Å². The number of hydrogen-bond donors (Lipinski definition) is 1. The molecule has 1 aromatic carbocycles. The van der Waals surface area contributed by atoms with E-state index in [0.717, 1.165) is 23.3 Å². The molecule has 1 heterocycles. The molecule has 0 radical (unpaired) electrons. The van der Waals surface area contributed by atoms with Gasteiger partial charge in [-0.15, -0.1) is 0 Å². The van der Waals surface area contributed by atoms with E-state index in [1.807, 2.05) is 6.07 Å². The molecule has 5 heteroatoms. The van der Waals surface area contributed by atoms with E-state index in [0.29, 0.717) is 0 Å². The number of nitrogens with zero attached hydrogens (tertiary/aromatic N) is 2. The van der Waals surface area contributed by atoms with E-state index in [4.69, 9.17) is 11.6 Å². The molecule has 0 saturated carbocycles. The zero-order chi connectivity index (χ0) is 13.0. The van der Waals surface area contributed by atoms with Gasteiger partial charge in [0.15, 0.2) is 0 Å². The lowest BCUT2D eigenvalue weighted by Gasteiger charge is -2.09. The maximum Gasteiger partial charge on any atom is 0.224 e. The van der Waals surface area contributed by atoms with Crippen molar-refractivity contribution in [3.05, 3.63) is 51.3 Å². The van der Waals surface area contributed by atoms with Crippen molar-refractivity contribution in [2.45, 2.75) is 13.3 Å². The summed E-state index contributed by atoms with van der Waals surface area (Å²) in [4.78, 5) is 8.01. The van der Waals surface area contributed by atoms with Crippen molar-refractivity contribution in [1.82, 2.24) is 9.97 Å². The van der Waals surface area contributed by atoms with Gasteiger partial charge in [0, 0.05) is 12.7 Å². The number of aromatic nitrogens is 2. The van der Waals surface area contributed by atoms with Gasteiger partial charge in [-0.3, -0.25) is 0 Å². The van der Waals surface area contributed by atoms with Crippen LogP contribution in [0.3, 0.4) is 0 Å². The first kappa shape index (κ1) is 13.3. The zero-order valence-corrected chi connectivity index (χ0v) is 12.3. The second kappa shape index (κ2) is 6.16. The Kier molecular flexibility index (Phi) is 4.55. The van der Waals surface area contributed by atoms with E-state index in [2.05, 4.69) is 56.3 Å². The van der Waals surface area contributed by atoms with E-state index >= 15 is 0 Å². The van der Waals surface area contributed by atoms with Crippen LogP contribution in [0.15, 0.2) is 34.9 Å². The van der Waals surface area contributed by atoms with Gasteiger partial charge in [-0.05, 0) is 52.0 Å². The van der Waals surface area contributed by atoms with Crippen LogP contribution in [0, 0.1) is 6.92 Å². The maximum absolute atomic E-state index is 5.75. The number of hydrogen-bond acceptors (Lipinski definition) is 3. The Morgan fingerprint density at radius 1 is 1.33 bits per heavy atom. The summed E-state index contributed by atoms with van der Waals surface area (Å²) in [5.41, 5.74) is 2.64. The number of halogens is 2. The molecule has 18 heavy (non-hydrogen) atoms. The van der Waals surface area contributed by atoms with Crippen LogP contribution in [-0.4, -0.2) is 16.5 Å². The fourth-order valence-corrected chi connectivity index (χ4v) is 2.14. The number of benzene rings is 1. The Balaban J connectivity index is 1.96. The number of nitrogens with one attached hydrogen (secondary N) is 1. The van der Waals surface area contributed by atoms with Gasteiger partial charge < -0.3 is 5.32 Å². The van der Waals surface area contributed by atoms with Gasteiger partial charge in [0.05, 0.1) is 4.47 Å². The Labute approximate surface area is 120 Å². The largest absolute Gasteiger partial charge is 0.369 e. The highest BCUT2D eigenvalue weighted by atomic mass is 79.9. The Morgan fingerprint density at radius 3 is 2.89 bits per heavy atom. The van der Waals surface area contributed by atoms with Crippen molar-refractivity contribution in [2.24, 2.45) is 0 Å². The molecular weight excluding hydrogens is 314 g/mol. The molecular formula is C13H13BrClN3. The average molecular weight is 327 g/mol. The van der Waals surface area contributed by atoms with E-state index in [9.17, 15) is 0 Å². The Hall–Kier alpha value is -1.13. The highest BCUT2D eigenvalue weighted by molar-refractivity contribution is 9.10. The molecule has 2 aromatic rings. The molecule has 0 fully saturated rings. The third-order valence-corrected chi connectivity index (χ3v) is 3.43. The van der Waals surface area contributed by atoms with E-state index in [1.54, 1.807) is 6.20 Å². The van der Waals surface area contributed by atoms with E-state index < -0.39 is 0 Å². The monoisotopic (exact) mass is 325 g/mol. The second-order valence-electron chi connectivity index (χ2n) is 3.94. The molecule has 3 nitrogen and oxygen atoms in total. The molecule has 0 aliphatic rings. The molecule has 0 saturated heterocycles. The SMILES string of the molecule is Cc1ccccc1CCNc1nc(Cl)ncc1Br. The first-order valence-corrected chi connectivity index (χ1v) is 6.80. The third kappa shape index (κ3) is 3.43. The highest BCUT2D eigenvalue weighted by Crippen LogP contribution is 2.20. The van der Waals surface area contributed by atoms with Crippen molar-refractivity contribution in [1.29, 1.82) is 0 Å². The molecule has 0 unspecified atom stereocenters. The molecule has 2 rings (SSSR count). The summed E-state index contributed by atoms with van der Waals surface area (Å²) < 4.78 is 0.816. The molecule has 0 bridgehead atoms. The fraction of sp³-hybridized carbons (Fsp3) is 0.231. The second-order valence-corrected chi connectivity index (χ2v) is 5.13. The average Bonchev–Trinajstić information content (AvgIpc) is 2.36. The highest BCUT2D eigenvalue weighted by Gasteiger charge is 2.03. The minimum atomic E-state index is 0.247. The normalized spacial score (nSPS) is 10.4. The number of rotatable bonds is 4. The Morgan fingerprint density at radius 2 is 2.11 bits per heavy atom. The summed E-state index contributed by atoms with van der Waals surface area (Å²) in [5, 5.41) is 3.49. The molecule has 0 atom stereocenters. The van der Waals surface area contributed by atoms with Crippen LogP contribution >= 0.6 is 27.5 Å². The molecule has 0 aliphatic heterocycles. The van der Waals surface area contributed by atoms with Gasteiger partial charge in [-0.25, -0.2) is 4.98 Å². The minimum absolute atomic E-state index is 0.247. The predicted molar refractivity (Wildman–Crippen MR) is 78.1 cm³/mol. The van der Waals surface area contributed by atoms with Crippen LogP contribution in [0.4, 0.5) is 5.82 Å². The van der Waals surface area contributed by atoms with Crippen molar-refractivity contribution < 1.29 is 0 Å². The summed E-state index contributed by atoms with van der Waals surface area (Å²) in [6, 6.07) is 8.36. The van der Waals surface area contributed by atoms with Crippen molar-refractivity contribution >= 4 is 33.3 Å². The van der Waals surface area contributed by atoms with Crippen molar-refractivity contribution in [3.63, 3.8) is 0 Å². The molecule has 0 amide bonds. The van der Waals surface area contributed by atoms with Gasteiger partial charge in [0.25, 0.3) is 0 Å². The summed E-state index contributed by atoms with van der Waals surface area (Å²) in [5.74, 6) is 0.726. The van der Waals surface area contributed by atoms with Crippen LogP contribution in [0.1, 0.15) is 11.1 Å². The number of anilines is 1.